The first kappa shape index (κ1) is 19.8. The van der Waals surface area contributed by atoms with E-state index in [1.165, 1.54) is 19.0 Å². The van der Waals surface area contributed by atoms with Gasteiger partial charge in [0.2, 0.25) is 5.88 Å². The maximum Gasteiger partial charge on any atom is 0.253 e. The lowest BCUT2D eigenvalue weighted by molar-refractivity contribution is 0.0921. The Balaban J connectivity index is 1.57. The molecule has 2 aliphatic rings. The molecule has 29 heavy (non-hydrogen) atoms. The van der Waals surface area contributed by atoms with E-state index >= 15 is 0 Å². The number of ether oxygens (including phenoxy) is 1. The van der Waals surface area contributed by atoms with Crippen molar-refractivity contribution in [2.24, 2.45) is 11.1 Å². The number of pyridine rings is 1. The summed E-state index contributed by atoms with van der Waals surface area (Å²) in [6, 6.07) is 8.58. The van der Waals surface area contributed by atoms with Crippen LogP contribution in [0.3, 0.4) is 0 Å². The van der Waals surface area contributed by atoms with Crippen LogP contribution < -0.4 is 10.1 Å². The van der Waals surface area contributed by atoms with E-state index < -0.39 is 0 Å². The number of nitrogens with one attached hydrogen (secondary N) is 1. The zero-order valence-corrected chi connectivity index (χ0v) is 16.9. The standard InChI is InChI=1S/C22H24ClN3O3/c23-17-9-7-15(8-10-17)18-11-16(12-24-22(18)29-13-14-5-6-14)21(27)25-19-3-1-2-4-20(19)26-28/h7-12,14,19-20H,1-6,13H2,(H,25,27)/t19-,20?/m0/s1. The molecule has 6 nitrogen and oxygen atoms in total. The van der Waals surface area contributed by atoms with Crippen molar-refractivity contribution in [2.45, 2.75) is 50.6 Å². The third kappa shape index (κ3) is 4.93. The fourth-order valence-electron chi connectivity index (χ4n) is 3.67. The first-order valence-corrected chi connectivity index (χ1v) is 10.5. The summed E-state index contributed by atoms with van der Waals surface area (Å²) in [6.07, 6.45) is 7.34. The Kier molecular flexibility index (Phi) is 6.09. The number of halogens is 1. The molecule has 7 heteroatoms. The first-order valence-electron chi connectivity index (χ1n) is 10.2. The number of amides is 1. The number of nitrogens with zero attached hydrogens (tertiary/aromatic N) is 2. The van der Waals surface area contributed by atoms with E-state index in [0.717, 1.165) is 36.8 Å². The zero-order valence-electron chi connectivity index (χ0n) is 16.1. The Morgan fingerprint density at radius 2 is 1.93 bits per heavy atom. The summed E-state index contributed by atoms with van der Waals surface area (Å²) in [5.41, 5.74) is 2.07. The first-order chi connectivity index (χ1) is 14.1. The minimum atomic E-state index is -0.363. The van der Waals surface area contributed by atoms with Crippen LogP contribution in [0.5, 0.6) is 5.88 Å². The summed E-state index contributed by atoms with van der Waals surface area (Å²) in [7, 11) is 0. The molecule has 0 aliphatic heterocycles. The summed E-state index contributed by atoms with van der Waals surface area (Å²) in [5.74, 6) is 0.861. The minimum absolute atomic E-state index is 0.224. The Morgan fingerprint density at radius 3 is 2.66 bits per heavy atom. The normalized spacial score (nSPS) is 21.4. The second kappa shape index (κ2) is 8.91. The van der Waals surface area contributed by atoms with Crippen molar-refractivity contribution in [1.29, 1.82) is 0 Å². The van der Waals surface area contributed by atoms with Crippen LogP contribution in [-0.4, -0.2) is 29.6 Å². The van der Waals surface area contributed by atoms with Crippen molar-refractivity contribution < 1.29 is 9.53 Å². The van der Waals surface area contributed by atoms with Gasteiger partial charge in [0, 0.05) is 16.8 Å². The van der Waals surface area contributed by atoms with Crippen LogP contribution >= 0.6 is 11.6 Å². The molecule has 2 saturated carbocycles. The maximum absolute atomic E-state index is 12.8. The molecule has 0 radical (unpaired) electrons. The molecule has 1 aromatic carbocycles. The highest BCUT2D eigenvalue weighted by Crippen LogP contribution is 2.33. The average molecular weight is 414 g/mol. The third-order valence-electron chi connectivity index (χ3n) is 5.60. The van der Waals surface area contributed by atoms with Crippen LogP contribution in [0, 0.1) is 10.8 Å². The smallest absolute Gasteiger partial charge is 0.253 e. The Bertz CT molecular complexity index is 883. The van der Waals surface area contributed by atoms with Crippen molar-refractivity contribution in [2.75, 3.05) is 6.61 Å². The number of aromatic nitrogens is 1. The quantitative estimate of drug-likeness (QED) is 0.648. The molecule has 1 aromatic heterocycles. The van der Waals surface area contributed by atoms with Gasteiger partial charge in [-0.15, -0.1) is 0 Å². The van der Waals surface area contributed by atoms with Gasteiger partial charge < -0.3 is 10.1 Å². The second-order valence-corrected chi connectivity index (χ2v) is 8.31. The fourth-order valence-corrected chi connectivity index (χ4v) is 3.79. The SMILES string of the molecule is O=NC1CCCC[C@@H]1NC(=O)c1cnc(OCC2CC2)c(-c2ccc(Cl)cc2)c1. The van der Waals surface area contributed by atoms with E-state index in [9.17, 15) is 9.70 Å². The van der Waals surface area contributed by atoms with Gasteiger partial charge in [-0.2, -0.15) is 4.91 Å². The van der Waals surface area contributed by atoms with Gasteiger partial charge in [-0.05, 0) is 55.4 Å². The minimum Gasteiger partial charge on any atom is -0.477 e. The highest BCUT2D eigenvalue weighted by atomic mass is 35.5. The molecule has 2 atom stereocenters. The molecule has 2 aromatic rings. The third-order valence-corrected chi connectivity index (χ3v) is 5.85. The number of carbonyl (C=O) groups is 1. The number of nitroso groups, excluding NO2 is 1. The summed E-state index contributed by atoms with van der Waals surface area (Å²) < 4.78 is 5.93. The molecule has 0 saturated heterocycles. The number of carbonyl (C=O) groups excluding carboxylic acids is 1. The predicted molar refractivity (Wildman–Crippen MR) is 112 cm³/mol. The van der Waals surface area contributed by atoms with Crippen molar-refractivity contribution in [1.82, 2.24) is 10.3 Å². The summed E-state index contributed by atoms with van der Waals surface area (Å²) in [5, 5.41) is 6.81. The van der Waals surface area contributed by atoms with E-state index in [2.05, 4.69) is 15.5 Å². The molecule has 0 spiro atoms. The fraction of sp³-hybridized carbons (Fsp3) is 0.455. The molecular weight excluding hydrogens is 390 g/mol. The highest BCUT2D eigenvalue weighted by Gasteiger charge is 2.28. The summed E-state index contributed by atoms with van der Waals surface area (Å²) >= 11 is 6.02. The second-order valence-electron chi connectivity index (χ2n) is 7.88. The summed E-state index contributed by atoms with van der Waals surface area (Å²) in [6.45, 7) is 0.633. The Labute approximate surface area is 175 Å². The highest BCUT2D eigenvalue weighted by molar-refractivity contribution is 6.30. The van der Waals surface area contributed by atoms with Crippen LogP contribution in [0.15, 0.2) is 41.7 Å². The average Bonchev–Trinajstić information content (AvgIpc) is 3.58. The largest absolute Gasteiger partial charge is 0.477 e. The van der Waals surface area contributed by atoms with Crippen LogP contribution in [-0.2, 0) is 0 Å². The van der Waals surface area contributed by atoms with Gasteiger partial charge >= 0.3 is 0 Å². The van der Waals surface area contributed by atoms with E-state index in [1.807, 2.05) is 12.1 Å². The van der Waals surface area contributed by atoms with Crippen molar-refractivity contribution >= 4 is 17.5 Å². The van der Waals surface area contributed by atoms with Gasteiger partial charge in [0.05, 0.1) is 18.2 Å². The van der Waals surface area contributed by atoms with Crippen LogP contribution in [0.25, 0.3) is 11.1 Å². The molecule has 2 aliphatic carbocycles. The monoisotopic (exact) mass is 413 g/mol. The van der Waals surface area contributed by atoms with Crippen LogP contribution in [0.4, 0.5) is 0 Å². The zero-order chi connectivity index (χ0) is 20.2. The van der Waals surface area contributed by atoms with Crippen LogP contribution in [0.2, 0.25) is 5.02 Å². The molecule has 0 bridgehead atoms. The lowest BCUT2D eigenvalue weighted by Gasteiger charge is -2.27. The lowest BCUT2D eigenvalue weighted by atomic mass is 9.90. The molecule has 2 fully saturated rings. The Hall–Kier alpha value is -2.47. The Morgan fingerprint density at radius 1 is 1.17 bits per heavy atom. The van der Waals surface area contributed by atoms with Crippen molar-refractivity contribution in [3.8, 4) is 17.0 Å². The number of hydrogen-bond donors (Lipinski definition) is 1. The topological polar surface area (TPSA) is 80.7 Å². The molecule has 1 unspecified atom stereocenters. The van der Waals surface area contributed by atoms with Gasteiger partial charge in [-0.1, -0.05) is 41.8 Å². The molecule has 4 rings (SSSR count). The van der Waals surface area contributed by atoms with Gasteiger partial charge in [-0.25, -0.2) is 4.98 Å². The van der Waals surface area contributed by atoms with Gasteiger partial charge in [0.25, 0.3) is 5.91 Å². The maximum atomic E-state index is 12.8. The van der Waals surface area contributed by atoms with E-state index in [-0.39, 0.29) is 18.0 Å². The van der Waals surface area contributed by atoms with Crippen molar-refractivity contribution in [3.63, 3.8) is 0 Å². The molecule has 1 heterocycles. The van der Waals surface area contributed by atoms with Crippen LogP contribution in [0.1, 0.15) is 48.9 Å². The molecule has 1 amide bonds. The number of benzene rings is 1. The van der Waals surface area contributed by atoms with E-state index in [4.69, 9.17) is 16.3 Å². The molecular formula is C22H24ClN3O3. The number of rotatable bonds is 7. The van der Waals surface area contributed by atoms with E-state index in [0.29, 0.717) is 29.0 Å². The van der Waals surface area contributed by atoms with Gasteiger partial charge in [0.15, 0.2) is 0 Å². The molecule has 152 valence electrons. The summed E-state index contributed by atoms with van der Waals surface area (Å²) in [4.78, 5) is 28.4. The van der Waals surface area contributed by atoms with Gasteiger partial charge in [-0.3, -0.25) is 4.79 Å². The van der Waals surface area contributed by atoms with Gasteiger partial charge in [0.1, 0.15) is 6.04 Å². The van der Waals surface area contributed by atoms with Crippen molar-refractivity contribution in [3.05, 3.63) is 52.0 Å². The van der Waals surface area contributed by atoms with E-state index in [1.54, 1.807) is 18.2 Å². The molecule has 1 N–H and O–H groups in total. The number of hydrogen-bond acceptors (Lipinski definition) is 5. The lowest BCUT2D eigenvalue weighted by Crippen LogP contribution is -2.44. The predicted octanol–water partition coefficient (Wildman–Crippen LogP) is 5.00.